The fraction of sp³-hybridized carbons (Fsp3) is 0.571. The lowest BCUT2D eigenvalue weighted by Crippen LogP contribution is -2.41. The van der Waals surface area contributed by atoms with E-state index in [9.17, 15) is 8.42 Å². The van der Waals surface area contributed by atoms with Gasteiger partial charge >= 0.3 is 0 Å². The van der Waals surface area contributed by atoms with Crippen molar-refractivity contribution in [1.29, 1.82) is 0 Å². The van der Waals surface area contributed by atoms with Crippen LogP contribution in [0.25, 0.3) is 0 Å². The average Bonchev–Trinajstić information content (AvgIpc) is 2.40. The Labute approximate surface area is 130 Å². The van der Waals surface area contributed by atoms with Crippen molar-refractivity contribution < 1.29 is 17.9 Å². The van der Waals surface area contributed by atoms with Gasteiger partial charge in [0, 0.05) is 23.7 Å². The average molecular weight is 334 g/mol. The molecule has 1 aliphatic rings. The first-order valence-corrected chi connectivity index (χ1v) is 8.88. The van der Waals surface area contributed by atoms with E-state index >= 15 is 0 Å². The summed E-state index contributed by atoms with van der Waals surface area (Å²) >= 11 is 5.83. The summed E-state index contributed by atoms with van der Waals surface area (Å²) in [6, 6.07) is 7.38. The number of ether oxygens (including phenoxy) is 2. The van der Waals surface area contributed by atoms with Gasteiger partial charge in [-0.1, -0.05) is 23.7 Å². The molecule has 5 nitrogen and oxygen atoms in total. The molecule has 0 atom stereocenters. The smallest absolute Gasteiger partial charge is 0.209 e. The highest BCUT2D eigenvalue weighted by Crippen LogP contribution is 2.32. The first kappa shape index (κ1) is 16.7. The maximum absolute atomic E-state index is 11.4. The third kappa shape index (κ3) is 5.56. The van der Waals surface area contributed by atoms with E-state index in [-0.39, 0.29) is 5.75 Å². The molecule has 0 saturated carbocycles. The van der Waals surface area contributed by atoms with Crippen LogP contribution in [-0.4, -0.2) is 34.0 Å². The molecule has 1 fully saturated rings. The third-order valence-corrected chi connectivity index (χ3v) is 4.92. The van der Waals surface area contributed by atoms with Crippen molar-refractivity contribution in [3.05, 3.63) is 34.9 Å². The van der Waals surface area contributed by atoms with E-state index in [4.69, 9.17) is 26.2 Å². The van der Waals surface area contributed by atoms with Crippen LogP contribution in [0.5, 0.6) is 0 Å². The second-order valence-corrected chi connectivity index (χ2v) is 7.59. The summed E-state index contributed by atoms with van der Waals surface area (Å²) in [4.78, 5) is 0. The van der Waals surface area contributed by atoms with Crippen LogP contribution >= 0.6 is 11.6 Å². The SMILES string of the molecule is NS(=O)(=O)CC1(COCc2ccc(Cl)cc2)CCOCC1. The van der Waals surface area contributed by atoms with Gasteiger partial charge in [-0.15, -0.1) is 0 Å². The number of nitrogens with two attached hydrogens (primary N) is 1. The monoisotopic (exact) mass is 333 g/mol. The lowest BCUT2D eigenvalue weighted by atomic mass is 9.83. The Morgan fingerprint density at radius 2 is 1.86 bits per heavy atom. The van der Waals surface area contributed by atoms with Crippen LogP contribution in [0, 0.1) is 5.41 Å². The zero-order valence-corrected chi connectivity index (χ0v) is 13.3. The number of hydrogen-bond acceptors (Lipinski definition) is 4. The summed E-state index contributed by atoms with van der Waals surface area (Å²) in [5.74, 6) is -0.0655. The standard InChI is InChI=1S/C14H20ClNO4S/c15-13-3-1-12(2-4-13)9-20-10-14(11-21(16,17)18)5-7-19-8-6-14/h1-4H,5-11H2,(H2,16,17,18). The molecular formula is C14H20ClNO4S. The molecule has 118 valence electrons. The lowest BCUT2D eigenvalue weighted by molar-refractivity contribution is -0.0324. The van der Waals surface area contributed by atoms with Crippen molar-refractivity contribution in [2.45, 2.75) is 19.4 Å². The van der Waals surface area contributed by atoms with Crippen molar-refractivity contribution in [1.82, 2.24) is 0 Å². The Kier molecular flexibility index (Phi) is 5.62. The van der Waals surface area contributed by atoms with Crippen LogP contribution in [-0.2, 0) is 26.1 Å². The van der Waals surface area contributed by atoms with E-state index < -0.39 is 15.4 Å². The van der Waals surface area contributed by atoms with E-state index in [1.54, 1.807) is 12.1 Å². The second kappa shape index (κ2) is 7.07. The molecule has 0 radical (unpaired) electrons. The molecule has 0 unspecified atom stereocenters. The van der Waals surface area contributed by atoms with Crippen molar-refractivity contribution in [3.63, 3.8) is 0 Å². The van der Waals surface area contributed by atoms with Gasteiger partial charge < -0.3 is 9.47 Å². The third-order valence-electron chi connectivity index (χ3n) is 3.65. The van der Waals surface area contributed by atoms with Crippen LogP contribution in [0.4, 0.5) is 0 Å². The minimum absolute atomic E-state index is 0.0655. The van der Waals surface area contributed by atoms with E-state index in [1.165, 1.54) is 0 Å². The number of sulfonamides is 1. The van der Waals surface area contributed by atoms with Crippen molar-refractivity contribution in [2.24, 2.45) is 10.6 Å². The van der Waals surface area contributed by atoms with E-state index in [0.717, 1.165) is 5.56 Å². The maximum Gasteiger partial charge on any atom is 0.209 e. The van der Waals surface area contributed by atoms with Gasteiger partial charge in [-0.25, -0.2) is 13.6 Å². The van der Waals surface area contributed by atoms with Gasteiger partial charge in [-0.05, 0) is 30.5 Å². The van der Waals surface area contributed by atoms with E-state index in [1.807, 2.05) is 12.1 Å². The summed E-state index contributed by atoms with van der Waals surface area (Å²) in [7, 11) is -3.54. The summed E-state index contributed by atoms with van der Waals surface area (Å²) < 4.78 is 33.9. The first-order chi connectivity index (χ1) is 9.89. The Hall–Kier alpha value is -0.660. The van der Waals surface area contributed by atoms with E-state index in [2.05, 4.69) is 0 Å². The molecule has 0 spiro atoms. The van der Waals surface area contributed by atoms with Gasteiger partial charge in [0.05, 0.1) is 19.0 Å². The predicted molar refractivity (Wildman–Crippen MR) is 81.6 cm³/mol. The number of halogens is 1. The largest absolute Gasteiger partial charge is 0.381 e. The molecule has 0 bridgehead atoms. The molecular weight excluding hydrogens is 314 g/mol. The van der Waals surface area contributed by atoms with Crippen LogP contribution in [0.15, 0.2) is 24.3 Å². The quantitative estimate of drug-likeness (QED) is 0.863. The van der Waals surface area contributed by atoms with Gasteiger partial charge in [-0.3, -0.25) is 0 Å². The number of benzene rings is 1. The highest BCUT2D eigenvalue weighted by molar-refractivity contribution is 7.89. The first-order valence-electron chi connectivity index (χ1n) is 6.79. The minimum Gasteiger partial charge on any atom is -0.381 e. The second-order valence-electron chi connectivity index (χ2n) is 5.54. The highest BCUT2D eigenvalue weighted by Gasteiger charge is 2.36. The number of rotatable bonds is 6. The molecule has 7 heteroatoms. The molecule has 1 saturated heterocycles. The normalized spacial score (nSPS) is 18.6. The summed E-state index contributed by atoms with van der Waals surface area (Å²) in [5.41, 5.74) is 0.551. The molecule has 2 rings (SSSR count). The molecule has 2 N–H and O–H groups in total. The highest BCUT2D eigenvalue weighted by atomic mass is 35.5. The lowest BCUT2D eigenvalue weighted by Gasteiger charge is -2.36. The topological polar surface area (TPSA) is 78.6 Å². The fourth-order valence-corrected chi connectivity index (χ4v) is 3.88. The molecule has 1 heterocycles. The minimum atomic E-state index is -3.54. The van der Waals surface area contributed by atoms with Gasteiger partial charge in [0.25, 0.3) is 0 Å². The predicted octanol–water partition coefficient (Wildman–Crippen LogP) is 1.94. The van der Waals surface area contributed by atoms with Gasteiger partial charge in [0.15, 0.2) is 0 Å². The fourth-order valence-electron chi connectivity index (χ4n) is 2.53. The van der Waals surface area contributed by atoms with E-state index in [0.29, 0.717) is 44.3 Å². The zero-order valence-electron chi connectivity index (χ0n) is 11.8. The molecule has 0 amide bonds. The molecule has 21 heavy (non-hydrogen) atoms. The molecule has 0 aliphatic carbocycles. The van der Waals surface area contributed by atoms with Crippen molar-refractivity contribution >= 4 is 21.6 Å². The summed E-state index contributed by atoms with van der Waals surface area (Å²) in [5, 5.41) is 5.89. The number of primary sulfonamides is 1. The number of hydrogen-bond donors (Lipinski definition) is 1. The van der Waals surface area contributed by atoms with Gasteiger partial charge in [0.1, 0.15) is 0 Å². The zero-order chi connectivity index (χ0) is 15.3. The van der Waals surface area contributed by atoms with Crippen molar-refractivity contribution in [2.75, 3.05) is 25.6 Å². The van der Waals surface area contributed by atoms with Crippen LogP contribution in [0.1, 0.15) is 18.4 Å². The molecule has 1 aromatic rings. The maximum atomic E-state index is 11.4. The van der Waals surface area contributed by atoms with Crippen LogP contribution in [0.2, 0.25) is 5.02 Å². The van der Waals surface area contributed by atoms with Gasteiger partial charge in [0.2, 0.25) is 10.0 Å². The Bertz CT molecular complexity index is 553. The van der Waals surface area contributed by atoms with Crippen LogP contribution < -0.4 is 5.14 Å². The molecule has 1 aliphatic heterocycles. The molecule has 1 aromatic carbocycles. The Morgan fingerprint density at radius 3 is 2.43 bits per heavy atom. The summed E-state index contributed by atoms with van der Waals surface area (Å²) in [6.45, 7) is 1.86. The Morgan fingerprint density at radius 1 is 1.24 bits per heavy atom. The Balaban J connectivity index is 1.94. The molecule has 0 aromatic heterocycles. The van der Waals surface area contributed by atoms with Crippen molar-refractivity contribution in [3.8, 4) is 0 Å². The van der Waals surface area contributed by atoms with Crippen LogP contribution in [0.3, 0.4) is 0 Å². The van der Waals surface area contributed by atoms with Gasteiger partial charge in [-0.2, -0.15) is 0 Å². The summed E-state index contributed by atoms with van der Waals surface area (Å²) in [6.07, 6.45) is 1.29.